The van der Waals surface area contributed by atoms with Crippen molar-refractivity contribution < 1.29 is 38.1 Å². The molecule has 3 amide bonds. The normalized spacial score (nSPS) is 12.4. The molecule has 1 atom stereocenters. The molecule has 12 nitrogen and oxygen atoms in total. The van der Waals surface area contributed by atoms with Crippen molar-refractivity contribution in [2.45, 2.75) is 98.5 Å². The van der Waals surface area contributed by atoms with Crippen LogP contribution in [0.5, 0.6) is 0 Å². The number of esters is 1. The molecule has 12 heteroatoms. The van der Waals surface area contributed by atoms with Crippen molar-refractivity contribution in [3.63, 3.8) is 0 Å². The number of hydrazine groups is 1. The Morgan fingerprint density at radius 2 is 1.30 bits per heavy atom. The molecule has 0 fully saturated rings. The molecule has 0 bridgehead atoms. The summed E-state index contributed by atoms with van der Waals surface area (Å²) in [5, 5.41) is 3.48. The summed E-state index contributed by atoms with van der Waals surface area (Å²) in [6, 6.07) is 9.69. The molecular formula is C31H44N4O8. The number of nitrogens with zero attached hydrogens (tertiary/aromatic N) is 2. The van der Waals surface area contributed by atoms with Gasteiger partial charge in [-0.1, -0.05) is 24.3 Å². The van der Waals surface area contributed by atoms with Crippen LogP contribution < -0.4 is 15.8 Å². The number of carbonyl (C=O) groups is 4. The Kier molecular flexibility index (Phi) is 11.5. The van der Waals surface area contributed by atoms with Crippen LogP contribution in [0.2, 0.25) is 0 Å². The van der Waals surface area contributed by atoms with Gasteiger partial charge in [0.1, 0.15) is 22.8 Å². The smallest absolute Gasteiger partial charge is 0.435 e. The predicted molar refractivity (Wildman–Crippen MR) is 161 cm³/mol. The molecule has 1 aromatic heterocycles. The summed E-state index contributed by atoms with van der Waals surface area (Å²) >= 11 is 0. The van der Waals surface area contributed by atoms with E-state index in [-0.39, 0.29) is 18.8 Å². The lowest BCUT2D eigenvalue weighted by Gasteiger charge is -2.28. The summed E-state index contributed by atoms with van der Waals surface area (Å²) in [7, 11) is 0. The summed E-state index contributed by atoms with van der Waals surface area (Å²) in [6.45, 7) is 17.3. The number of rotatable bonds is 7. The molecule has 0 aliphatic heterocycles. The summed E-state index contributed by atoms with van der Waals surface area (Å²) in [5.41, 5.74) is 2.39. The molecule has 2 rings (SSSR count). The van der Waals surface area contributed by atoms with Crippen LogP contribution in [0.3, 0.4) is 0 Å². The highest BCUT2D eigenvalue weighted by molar-refractivity contribution is 5.90. The van der Waals surface area contributed by atoms with Crippen molar-refractivity contribution in [2.75, 3.05) is 11.6 Å². The van der Waals surface area contributed by atoms with Crippen molar-refractivity contribution in [3.8, 4) is 11.1 Å². The van der Waals surface area contributed by atoms with Crippen LogP contribution in [0.15, 0.2) is 42.6 Å². The number of carbonyl (C=O) groups excluding carboxylic acids is 4. The van der Waals surface area contributed by atoms with Crippen LogP contribution in [-0.4, -0.2) is 58.7 Å². The highest BCUT2D eigenvalue weighted by Crippen LogP contribution is 2.23. The first kappa shape index (κ1) is 34.8. The molecule has 1 aromatic carbocycles. The molecule has 236 valence electrons. The van der Waals surface area contributed by atoms with Gasteiger partial charge in [-0.15, -0.1) is 0 Å². The molecule has 0 saturated heterocycles. The second kappa shape index (κ2) is 14.2. The maximum Gasteiger partial charge on any atom is 0.435 e. The first-order chi connectivity index (χ1) is 19.8. The first-order valence-electron chi connectivity index (χ1n) is 14.0. The van der Waals surface area contributed by atoms with Crippen LogP contribution >= 0.6 is 0 Å². The zero-order valence-electron chi connectivity index (χ0n) is 26.7. The summed E-state index contributed by atoms with van der Waals surface area (Å²) in [4.78, 5) is 54.5. The van der Waals surface area contributed by atoms with Gasteiger partial charge in [-0.2, -0.15) is 5.01 Å². The minimum atomic E-state index is -0.932. The highest BCUT2D eigenvalue weighted by Gasteiger charge is 2.29. The fraction of sp³-hybridized carbons (Fsp3) is 0.516. The van der Waals surface area contributed by atoms with E-state index in [1.165, 1.54) is 0 Å². The molecule has 1 heterocycles. The van der Waals surface area contributed by atoms with Gasteiger partial charge in [0.05, 0.1) is 6.61 Å². The third-order valence-electron chi connectivity index (χ3n) is 5.14. The van der Waals surface area contributed by atoms with Gasteiger partial charge in [0, 0.05) is 18.2 Å². The van der Waals surface area contributed by atoms with E-state index >= 15 is 0 Å². The molecule has 43 heavy (non-hydrogen) atoms. The Bertz CT molecular complexity index is 1260. The standard InChI is InChI=1S/C31H44N4O8/c1-11-40-25(36)23(33-26(37)41-29(2,3)4)18-20-12-14-21(15-13-20)22-16-17-24(32-19-22)35(28(39)43-31(8,9)10)34-27(38)42-30(5,6)7/h12-17,19,23H,11,18H2,1-10H3,(H,33,37)(H,34,38). The van der Waals surface area contributed by atoms with Crippen LogP contribution in [0.25, 0.3) is 11.1 Å². The average molecular weight is 601 g/mol. The van der Waals surface area contributed by atoms with Gasteiger partial charge < -0.3 is 24.3 Å². The van der Waals surface area contributed by atoms with E-state index in [2.05, 4.69) is 15.7 Å². The number of benzene rings is 1. The van der Waals surface area contributed by atoms with E-state index in [1.807, 2.05) is 24.3 Å². The summed E-state index contributed by atoms with van der Waals surface area (Å²) in [5.74, 6) is -0.447. The Labute approximate surface area is 253 Å². The molecule has 0 radical (unpaired) electrons. The number of pyridine rings is 1. The van der Waals surface area contributed by atoms with Gasteiger partial charge in [-0.3, -0.25) is 0 Å². The van der Waals surface area contributed by atoms with Crippen LogP contribution in [0.4, 0.5) is 20.2 Å². The van der Waals surface area contributed by atoms with Gasteiger partial charge in [-0.25, -0.2) is 29.6 Å². The molecule has 0 saturated carbocycles. The maximum atomic E-state index is 12.9. The monoisotopic (exact) mass is 600 g/mol. The van der Waals surface area contributed by atoms with Gasteiger partial charge in [0.15, 0.2) is 5.82 Å². The molecule has 0 aliphatic carbocycles. The van der Waals surface area contributed by atoms with Crippen LogP contribution in [0, 0.1) is 0 Å². The van der Waals surface area contributed by atoms with Crippen LogP contribution in [0.1, 0.15) is 74.8 Å². The number of alkyl carbamates (subject to hydrolysis) is 1. The topological polar surface area (TPSA) is 145 Å². The third kappa shape index (κ3) is 12.6. The van der Waals surface area contributed by atoms with E-state index in [0.29, 0.717) is 0 Å². The van der Waals surface area contributed by atoms with Crippen molar-refractivity contribution in [1.82, 2.24) is 15.7 Å². The quantitative estimate of drug-likeness (QED) is 0.224. The third-order valence-corrected chi connectivity index (χ3v) is 5.14. The van der Waals surface area contributed by atoms with Gasteiger partial charge >= 0.3 is 24.2 Å². The number of hydrogen-bond acceptors (Lipinski definition) is 9. The number of anilines is 1. The first-order valence-corrected chi connectivity index (χ1v) is 14.0. The minimum Gasteiger partial charge on any atom is -0.464 e. The average Bonchev–Trinajstić information content (AvgIpc) is 2.84. The second-order valence-corrected chi connectivity index (χ2v) is 12.7. The fourth-order valence-electron chi connectivity index (χ4n) is 3.54. The molecule has 1 unspecified atom stereocenters. The van der Waals surface area contributed by atoms with E-state index in [4.69, 9.17) is 18.9 Å². The highest BCUT2D eigenvalue weighted by atomic mass is 16.6. The van der Waals surface area contributed by atoms with Crippen LogP contribution in [-0.2, 0) is 30.2 Å². The van der Waals surface area contributed by atoms with Crippen molar-refractivity contribution in [1.29, 1.82) is 0 Å². The van der Waals surface area contributed by atoms with Gasteiger partial charge in [0.2, 0.25) is 0 Å². The van der Waals surface area contributed by atoms with Crippen molar-refractivity contribution >= 4 is 30.1 Å². The zero-order chi connectivity index (χ0) is 32.6. The molecular weight excluding hydrogens is 556 g/mol. The Balaban J connectivity index is 2.23. The lowest BCUT2D eigenvalue weighted by atomic mass is 10.0. The maximum absolute atomic E-state index is 12.9. The van der Waals surface area contributed by atoms with Gasteiger partial charge in [0.25, 0.3) is 0 Å². The molecule has 0 aliphatic rings. The van der Waals surface area contributed by atoms with Gasteiger partial charge in [-0.05, 0) is 92.5 Å². The van der Waals surface area contributed by atoms with Crippen molar-refractivity contribution in [2.24, 2.45) is 0 Å². The van der Waals surface area contributed by atoms with E-state index in [0.717, 1.165) is 21.7 Å². The summed E-state index contributed by atoms with van der Waals surface area (Å²) < 4.78 is 21.1. The molecule has 2 aromatic rings. The van der Waals surface area contributed by atoms with E-state index in [1.54, 1.807) is 87.6 Å². The van der Waals surface area contributed by atoms with Crippen molar-refractivity contribution in [3.05, 3.63) is 48.2 Å². The number of aromatic nitrogens is 1. The number of ether oxygens (including phenoxy) is 4. The molecule has 2 N–H and O–H groups in total. The Hall–Kier alpha value is -4.35. The predicted octanol–water partition coefficient (Wildman–Crippen LogP) is 5.93. The Morgan fingerprint density at radius 3 is 1.79 bits per heavy atom. The van der Waals surface area contributed by atoms with E-state index in [9.17, 15) is 19.2 Å². The second-order valence-electron chi connectivity index (χ2n) is 12.7. The minimum absolute atomic E-state index is 0.117. The number of amides is 3. The lowest BCUT2D eigenvalue weighted by molar-refractivity contribution is -0.145. The largest absolute Gasteiger partial charge is 0.464 e. The summed E-state index contributed by atoms with van der Waals surface area (Å²) in [6.07, 6.45) is -0.656. The Morgan fingerprint density at radius 1 is 0.767 bits per heavy atom. The SMILES string of the molecule is CCOC(=O)C(Cc1ccc(-c2ccc(N(NC(=O)OC(C)(C)C)C(=O)OC(C)(C)C)nc2)cc1)NC(=O)OC(C)(C)C. The lowest BCUT2D eigenvalue weighted by Crippen LogP contribution is -2.50. The zero-order valence-corrected chi connectivity index (χ0v) is 26.7. The number of hydrogen-bond donors (Lipinski definition) is 2. The number of nitrogens with one attached hydrogen (secondary N) is 2. The fourth-order valence-corrected chi connectivity index (χ4v) is 3.54. The van der Waals surface area contributed by atoms with E-state index < -0.39 is 47.1 Å². The molecule has 0 spiro atoms.